The molecule has 0 radical (unpaired) electrons. The Labute approximate surface area is 181 Å². The van der Waals surface area contributed by atoms with Crippen LogP contribution in [-0.4, -0.2) is 42.7 Å². The van der Waals surface area contributed by atoms with E-state index in [1.165, 1.54) is 32.3 Å². The van der Waals surface area contributed by atoms with Crippen LogP contribution >= 0.6 is 11.6 Å². The van der Waals surface area contributed by atoms with Crippen molar-refractivity contribution in [1.29, 1.82) is 0 Å². The highest BCUT2D eigenvalue weighted by molar-refractivity contribution is 7.89. The van der Waals surface area contributed by atoms with Crippen LogP contribution in [0.1, 0.15) is 35.6 Å². The van der Waals surface area contributed by atoms with Crippen molar-refractivity contribution in [2.75, 3.05) is 14.1 Å². The van der Waals surface area contributed by atoms with Crippen molar-refractivity contribution < 1.29 is 13.2 Å². The zero-order valence-electron chi connectivity index (χ0n) is 16.9. The van der Waals surface area contributed by atoms with Crippen LogP contribution in [0.5, 0.6) is 0 Å². The third-order valence-electron chi connectivity index (χ3n) is 4.68. The minimum Gasteiger partial charge on any atom is -0.342 e. The Balaban J connectivity index is 1.85. The summed E-state index contributed by atoms with van der Waals surface area (Å²) in [4.78, 5) is 20.5. The van der Waals surface area contributed by atoms with E-state index in [0.29, 0.717) is 12.2 Å². The number of hydrogen-bond acceptors (Lipinski definition) is 4. The first-order chi connectivity index (χ1) is 14.2. The van der Waals surface area contributed by atoms with Crippen LogP contribution in [-0.2, 0) is 10.0 Å². The number of H-pyrrole nitrogens is 1. The molecule has 1 aromatic heterocycles. The van der Waals surface area contributed by atoms with Crippen LogP contribution in [0.3, 0.4) is 0 Å². The van der Waals surface area contributed by atoms with E-state index >= 15 is 0 Å². The van der Waals surface area contributed by atoms with Gasteiger partial charge in [-0.2, -0.15) is 0 Å². The Hall–Kier alpha value is -2.68. The second-order valence-electron chi connectivity index (χ2n) is 6.91. The smallest absolute Gasteiger partial charge is 0.253 e. The second-order valence-corrected chi connectivity index (χ2v) is 9.47. The fourth-order valence-corrected chi connectivity index (χ4v) is 4.06. The van der Waals surface area contributed by atoms with Gasteiger partial charge in [-0.25, -0.2) is 17.7 Å². The molecule has 9 heteroatoms. The normalized spacial score (nSPS) is 12.7. The minimum atomic E-state index is -3.69. The number of aromatic nitrogens is 2. The zero-order valence-corrected chi connectivity index (χ0v) is 18.5. The molecule has 1 atom stereocenters. The number of hydrogen-bond donors (Lipinski definition) is 2. The van der Waals surface area contributed by atoms with E-state index in [0.717, 1.165) is 15.6 Å². The van der Waals surface area contributed by atoms with E-state index in [1.54, 1.807) is 6.20 Å². The van der Waals surface area contributed by atoms with Crippen molar-refractivity contribution >= 4 is 27.5 Å². The van der Waals surface area contributed by atoms with Crippen LogP contribution in [0.25, 0.3) is 11.3 Å². The van der Waals surface area contributed by atoms with Gasteiger partial charge in [0.25, 0.3) is 5.91 Å². The molecule has 0 saturated carbocycles. The highest BCUT2D eigenvalue weighted by Gasteiger charge is 2.23. The first kappa shape index (κ1) is 22.0. The Morgan fingerprint density at radius 1 is 1.20 bits per heavy atom. The molecule has 7 nitrogen and oxygen atoms in total. The molecule has 30 heavy (non-hydrogen) atoms. The third kappa shape index (κ3) is 4.56. The number of carbonyl (C=O) groups excluding carboxylic acids is 1. The molecule has 3 aromatic rings. The van der Waals surface area contributed by atoms with Crippen LogP contribution in [0.15, 0.2) is 59.6 Å². The highest BCUT2D eigenvalue weighted by Crippen LogP contribution is 2.24. The molecule has 2 aromatic carbocycles. The van der Waals surface area contributed by atoms with Crippen molar-refractivity contribution in [2.45, 2.75) is 24.3 Å². The van der Waals surface area contributed by atoms with E-state index in [9.17, 15) is 13.2 Å². The van der Waals surface area contributed by atoms with Gasteiger partial charge in [-0.05, 0) is 30.2 Å². The number of amides is 1. The van der Waals surface area contributed by atoms with Gasteiger partial charge in [-0.3, -0.25) is 4.79 Å². The second kappa shape index (κ2) is 8.99. The molecule has 0 fully saturated rings. The first-order valence-electron chi connectivity index (χ1n) is 9.37. The Morgan fingerprint density at radius 2 is 1.90 bits per heavy atom. The average Bonchev–Trinajstić information content (AvgIpc) is 3.22. The lowest BCUT2D eigenvalue weighted by Crippen LogP contribution is -2.29. The summed E-state index contributed by atoms with van der Waals surface area (Å²) >= 11 is 6.18. The van der Waals surface area contributed by atoms with Gasteiger partial charge in [-0.15, -0.1) is 0 Å². The maximum atomic E-state index is 12.9. The molecule has 0 saturated heterocycles. The van der Waals surface area contributed by atoms with Gasteiger partial charge in [0.05, 0.1) is 33.4 Å². The van der Waals surface area contributed by atoms with Gasteiger partial charge in [-0.1, -0.05) is 48.9 Å². The van der Waals surface area contributed by atoms with E-state index < -0.39 is 15.9 Å². The molecule has 0 aliphatic rings. The lowest BCUT2D eigenvalue weighted by molar-refractivity contribution is 0.0934. The highest BCUT2D eigenvalue weighted by atomic mass is 35.5. The minimum absolute atomic E-state index is 0.000499. The predicted octanol–water partition coefficient (Wildman–Crippen LogP) is 3.86. The SMILES string of the molecule is CCC(NC(=O)c1cc(S(=O)(=O)N(C)C)ccc1Cl)c1ncc(-c2ccccc2)[nH]1. The lowest BCUT2D eigenvalue weighted by Gasteiger charge is -2.17. The molecule has 0 spiro atoms. The first-order valence-corrected chi connectivity index (χ1v) is 11.2. The number of nitrogens with one attached hydrogen (secondary N) is 2. The topological polar surface area (TPSA) is 95.2 Å². The number of imidazole rings is 1. The Bertz CT molecular complexity index is 1140. The maximum absolute atomic E-state index is 12.9. The Kier molecular flexibility index (Phi) is 6.60. The molecule has 0 aliphatic heterocycles. The number of nitrogens with zero attached hydrogens (tertiary/aromatic N) is 2. The zero-order chi connectivity index (χ0) is 21.9. The fraction of sp³-hybridized carbons (Fsp3) is 0.238. The number of benzene rings is 2. The molecule has 1 amide bonds. The molecule has 2 N–H and O–H groups in total. The van der Waals surface area contributed by atoms with E-state index in [-0.39, 0.29) is 21.5 Å². The number of aromatic amines is 1. The summed E-state index contributed by atoms with van der Waals surface area (Å²) in [5, 5.41) is 3.06. The monoisotopic (exact) mass is 446 g/mol. The van der Waals surface area contributed by atoms with E-state index in [4.69, 9.17) is 11.6 Å². The van der Waals surface area contributed by atoms with Gasteiger partial charge < -0.3 is 10.3 Å². The van der Waals surface area contributed by atoms with Crippen LogP contribution in [0, 0.1) is 0 Å². The van der Waals surface area contributed by atoms with Crippen molar-refractivity contribution in [3.63, 3.8) is 0 Å². The summed E-state index contributed by atoms with van der Waals surface area (Å²) in [5.41, 5.74) is 1.92. The Morgan fingerprint density at radius 3 is 2.53 bits per heavy atom. The van der Waals surface area contributed by atoms with Gasteiger partial charge in [0.2, 0.25) is 10.0 Å². The molecule has 1 unspecified atom stereocenters. The van der Waals surface area contributed by atoms with Crippen LogP contribution in [0.2, 0.25) is 5.02 Å². The standard InChI is InChI=1S/C21H23ClN4O3S/c1-4-18(20-23-13-19(24-20)14-8-6-5-7-9-14)25-21(27)16-12-15(10-11-17(16)22)30(28,29)26(2)3/h5-13,18H,4H2,1-3H3,(H,23,24)(H,25,27). The third-order valence-corrected chi connectivity index (χ3v) is 6.83. The molecular formula is C21H23ClN4O3S. The van der Waals surface area contributed by atoms with Crippen LogP contribution in [0.4, 0.5) is 0 Å². The van der Waals surface area contributed by atoms with Gasteiger partial charge in [0.15, 0.2) is 0 Å². The van der Waals surface area contributed by atoms with Crippen molar-refractivity contribution in [2.24, 2.45) is 0 Å². The molecule has 0 bridgehead atoms. The number of rotatable bonds is 7. The van der Waals surface area contributed by atoms with Crippen molar-refractivity contribution in [3.05, 3.63) is 71.1 Å². The van der Waals surface area contributed by atoms with Crippen molar-refractivity contribution in [3.8, 4) is 11.3 Å². The maximum Gasteiger partial charge on any atom is 0.253 e. The summed E-state index contributed by atoms with van der Waals surface area (Å²) in [6, 6.07) is 13.4. The number of carbonyl (C=O) groups is 1. The molecular weight excluding hydrogens is 424 g/mol. The van der Waals surface area contributed by atoms with Gasteiger partial charge >= 0.3 is 0 Å². The van der Waals surface area contributed by atoms with Gasteiger partial charge in [0, 0.05) is 14.1 Å². The molecule has 0 aliphatic carbocycles. The summed E-state index contributed by atoms with van der Waals surface area (Å²) in [6.07, 6.45) is 2.30. The molecule has 1 heterocycles. The largest absolute Gasteiger partial charge is 0.342 e. The van der Waals surface area contributed by atoms with E-state index in [2.05, 4.69) is 15.3 Å². The number of halogens is 1. The van der Waals surface area contributed by atoms with Gasteiger partial charge in [0.1, 0.15) is 5.82 Å². The summed E-state index contributed by atoms with van der Waals surface area (Å²) in [7, 11) is -0.830. The van der Waals surface area contributed by atoms with Crippen LogP contribution < -0.4 is 5.32 Å². The lowest BCUT2D eigenvalue weighted by atomic mass is 10.1. The fourth-order valence-electron chi connectivity index (χ4n) is 2.93. The van der Waals surface area contributed by atoms with E-state index in [1.807, 2.05) is 37.3 Å². The molecule has 158 valence electrons. The predicted molar refractivity (Wildman–Crippen MR) is 117 cm³/mol. The quantitative estimate of drug-likeness (QED) is 0.576. The summed E-state index contributed by atoms with van der Waals surface area (Å²) in [6.45, 7) is 1.92. The number of sulfonamides is 1. The summed E-state index contributed by atoms with van der Waals surface area (Å²) in [5.74, 6) is 0.137. The molecule has 3 rings (SSSR count). The summed E-state index contributed by atoms with van der Waals surface area (Å²) < 4.78 is 25.9. The average molecular weight is 447 g/mol. The van der Waals surface area contributed by atoms with Crippen molar-refractivity contribution in [1.82, 2.24) is 19.6 Å².